The summed E-state index contributed by atoms with van der Waals surface area (Å²) in [4.78, 5) is 14.8. The zero-order valence-corrected chi connectivity index (χ0v) is 13.3. The minimum absolute atomic E-state index is 0.0439. The van der Waals surface area contributed by atoms with E-state index in [4.69, 9.17) is 0 Å². The number of halogens is 2. The molecule has 0 spiro atoms. The number of carbonyl (C=O) groups is 1. The van der Waals surface area contributed by atoms with Crippen LogP contribution in [0.5, 0.6) is 0 Å². The van der Waals surface area contributed by atoms with E-state index in [1.54, 1.807) is 4.90 Å². The molecule has 2 aromatic carbocycles. The van der Waals surface area contributed by atoms with E-state index in [2.05, 4.69) is 12.1 Å². The van der Waals surface area contributed by atoms with E-state index in [1.807, 2.05) is 12.1 Å². The van der Waals surface area contributed by atoms with Crippen LogP contribution in [-0.2, 0) is 6.42 Å². The molecule has 1 unspecified atom stereocenters. The first kappa shape index (κ1) is 15.3. The Hall–Kier alpha value is -2.23. The summed E-state index contributed by atoms with van der Waals surface area (Å²) in [6.07, 6.45) is 4.75. The molecule has 2 aromatic rings. The molecule has 2 aliphatic carbocycles. The number of benzene rings is 2. The number of hydrogen-bond donors (Lipinski definition) is 0. The first-order chi connectivity index (χ1) is 11.7. The van der Waals surface area contributed by atoms with Crippen LogP contribution in [0.1, 0.15) is 53.2 Å². The molecule has 124 valence electrons. The standard InChI is InChI=1S/C20H19F2NO/c21-17-9-4-8-16(19(17)22)20(24)23(14-11-12-14)18-10-3-6-13-5-1-2-7-15(13)18/h1-2,4-5,7-9,14,18H,3,6,10-12H2. The summed E-state index contributed by atoms with van der Waals surface area (Å²) >= 11 is 0. The molecular formula is C20H19F2NO. The van der Waals surface area contributed by atoms with Gasteiger partial charge in [0.05, 0.1) is 11.6 Å². The maximum atomic E-state index is 14.1. The fourth-order valence-electron chi connectivity index (χ4n) is 3.74. The number of rotatable bonds is 3. The van der Waals surface area contributed by atoms with Crippen LogP contribution >= 0.6 is 0 Å². The first-order valence-electron chi connectivity index (χ1n) is 8.51. The van der Waals surface area contributed by atoms with Gasteiger partial charge >= 0.3 is 0 Å². The predicted molar refractivity (Wildman–Crippen MR) is 87.7 cm³/mol. The highest BCUT2D eigenvalue weighted by Crippen LogP contribution is 2.41. The molecule has 2 aliphatic rings. The molecule has 24 heavy (non-hydrogen) atoms. The van der Waals surface area contributed by atoms with Gasteiger partial charge < -0.3 is 4.90 Å². The second kappa shape index (κ2) is 6.00. The summed E-state index contributed by atoms with van der Waals surface area (Å²) in [5.41, 5.74) is 2.25. The van der Waals surface area contributed by atoms with E-state index in [0.29, 0.717) is 0 Å². The highest BCUT2D eigenvalue weighted by Gasteiger charge is 2.40. The highest BCUT2D eigenvalue weighted by atomic mass is 19.2. The van der Waals surface area contributed by atoms with Crippen molar-refractivity contribution in [2.24, 2.45) is 0 Å². The normalized spacial score (nSPS) is 19.7. The number of aryl methyl sites for hydroxylation is 1. The van der Waals surface area contributed by atoms with Crippen molar-refractivity contribution < 1.29 is 13.6 Å². The van der Waals surface area contributed by atoms with E-state index in [-0.39, 0.29) is 17.6 Å². The van der Waals surface area contributed by atoms with Gasteiger partial charge in [0, 0.05) is 6.04 Å². The molecule has 4 rings (SSSR count). The summed E-state index contributed by atoms with van der Waals surface area (Å²) < 4.78 is 27.7. The zero-order valence-electron chi connectivity index (χ0n) is 13.3. The Morgan fingerprint density at radius 2 is 1.79 bits per heavy atom. The van der Waals surface area contributed by atoms with Crippen molar-refractivity contribution in [2.75, 3.05) is 0 Å². The van der Waals surface area contributed by atoms with Crippen LogP contribution in [0.3, 0.4) is 0 Å². The lowest BCUT2D eigenvalue weighted by molar-refractivity contribution is 0.0632. The van der Waals surface area contributed by atoms with Gasteiger partial charge in [-0.2, -0.15) is 0 Å². The van der Waals surface area contributed by atoms with Crippen molar-refractivity contribution in [1.82, 2.24) is 4.90 Å². The molecule has 0 aromatic heterocycles. The third-order valence-electron chi connectivity index (χ3n) is 5.03. The van der Waals surface area contributed by atoms with Crippen molar-refractivity contribution in [3.05, 3.63) is 70.8 Å². The van der Waals surface area contributed by atoms with E-state index in [1.165, 1.54) is 17.7 Å². The third kappa shape index (κ3) is 2.60. The number of nitrogens with zero attached hydrogens (tertiary/aromatic N) is 1. The van der Waals surface area contributed by atoms with Crippen molar-refractivity contribution in [3.8, 4) is 0 Å². The Balaban J connectivity index is 1.74. The SMILES string of the molecule is O=C(c1cccc(F)c1F)N(C1CC1)C1CCCc2ccccc21. The molecule has 1 fully saturated rings. The van der Waals surface area contributed by atoms with E-state index in [9.17, 15) is 13.6 Å². The smallest absolute Gasteiger partial charge is 0.257 e. The molecule has 0 saturated heterocycles. The van der Waals surface area contributed by atoms with Crippen molar-refractivity contribution in [1.29, 1.82) is 0 Å². The first-order valence-corrected chi connectivity index (χ1v) is 8.51. The minimum Gasteiger partial charge on any atom is -0.329 e. The molecule has 0 aliphatic heterocycles. The second-order valence-corrected chi connectivity index (χ2v) is 6.65. The summed E-state index contributed by atoms with van der Waals surface area (Å²) in [6.45, 7) is 0. The largest absolute Gasteiger partial charge is 0.329 e. The molecule has 0 bridgehead atoms. The Kier molecular flexibility index (Phi) is 3.83. The van der Waals surface area contributed by atoms with Gasteiger partial charge in [-0.05, 0) is 55.4 Å². The van der Waals surface area contributed by atoms with Gasteiger partial charge in [-0.15, -0.1) is 0 Å². The zero-order chi connectivity index (χ0) is 16.7. The van der Waals surface area contributed by atoms with Gasteiger partial charge in [0.25, 0.3) is 5.91 Å². The van der Waals surface area contributed by atoms with Gasteiger partial charge in [0.2, 0.25) is 0 Å². The average molecular weight is 327 g/mol. The van der Waals surface area contributed by atoms with Crippen LogP contribution in [0, 0.1) is 11.6 Å². The van der Waals surface area contributed by atoms with Crippen LogP contribution in [-0.4, -0.2) is 16.8 Å². The average Bonchev–Trinajstić information content (AvgIpc) is 3.42. The number of amides is 1. The van der Waals surface area contributed by atoms with Crippen LogP contribution < -0.4 is 0 Å². The quantitative estimate of drug-likeness (QED) is 0.804. The van der Waals surface area contributed by atoms with Crippen LogP contribution in [0.2, 0.25) is 0 Å². The summed E-state index contributed by atoms with van der Waals surface area (Å²) in [7, 11) is 0. The summed E-state index contributed by atoms with van der Waals surface area (Å²) in [5.74, 6) is -2.41. The molecule has 0 N–H and O–H groups in total. The second-order valence-electron chi connectivity index (χ2n) is 6.65. The van der Waals surface area contributed by atoms with E-state index < -0.39 is 17.5 Å². The fraction of sp³-hybridized carbons (Fsp3) is 0.350. The van der Waals surface area contributed by atoms with E-state index in [0.717, 1.165) is 43.7 Å². The summed E-state index contributed by atoms with van der Waals surface area (Å²) in [6, 6.07) is 12.1. The molecular weight excluding hydrogens is 308 g/mol. The molecule has 1 amide bonds. The Bertz CT molecular complexity index is 785. The number of carbonyl (C=O) groups excluding carboxylic acids is 1. The highest BCUT2D eigenvalue weighted by molar-refractivity contribution is 5.95. The molecule has 2 nitrogen and oxygen atoms in total. The van der Waals surface area contributed by atoms with Crippen LogP contribution in [0.25, 0.3) is 0 Å². The monoisotopic (exact) mass is 327 g/mol. The van der Waals surface area contributed by atoms with Gasteiger partial charge in [-0.1, -0.05) is 30.3 Å². The molecule has 0 heterocycles. The van der Waals surface area contributed by atoms with Crippen LogP contribution in [0.4, 0.5) is 8.78 Å². The van der Waals surface area contributed by atoms with Gasteiger partial charge in [-0.25, -0.2) is 8.78 Å². The number of fused-ring (bicyclic) bond motifs is 1. The molecule has 0 radical (unpaired) electrons. The lowest BCUT2D eigenvalue weighted by atomic mass is 9.86. The van der Waals surface area contributed by atoms with E-state index >= 15 is 0 Å². The van der Waals surface area contributed by atoms with Gasteiger partial charge in [0.15, 0.2) is 11.6 Å². The van der Waals surface area contributed by atoms with Crippen LogP contribution in [0.15, 0.2) is 42.5 Å². The van der Waals surface area contributed by atoms with Gasteiger partial charge in [-0.3, -0.25) is 4.79 Å². The lowest BCUT2D eigenvalue weighted by Crippen LogP contribution is -2.39. The maximum absolute atomic E-state index is 14.1. The topological polar surface area (TPSA) is 20.3 Å². The predicted octanol–water partition coefficient (Wildman–Crippen LogP) is 4.65. The molecule has 1 saturated carbocycles. The maximum Gasteiger partial charge on any atom is 0.257 e. The van der Waals surface area contributed by atoms with Gasteiger partial charge in [0.1, 0.15) is 0 Å². The van der Waals surface area contributed by atoms with Crippen molar-refractivity contribution in [3.63, 3.8) is 0 Å². The fourth-order valence-corrected chi connectivity index (χ4v) is 3.74. The Labute approximate surface area is 140 Å². The summed E-state index contributed by atoms with van der Waals surface area (Å²) in [5, 5.41) is 0. The minimum atomic E-state index is -1.04. The van der Waals surface area contributed by atoms with Crippen molar-refractivity contribution in [2.45, 2.75) is 44.2 Å². The van der Waals surface area contributed by atoms with Crippen molar-refractivity contribution >= 4 is 5.91 Å². The number of hydrogen-bond acceptors (Lipinski definition) is 1. The Morgan fingerprint density at radius 3 is 2.58 bits per heavy atom. The third-order valence-corrected chi connectivity index (χ3v) is 5.03. The lowest BCUT2D eigenvalue weighted by Gasteiger charge is -2.36. The molecule has 4 heteroatoms. The molecule has 1 atom stereocenters. The Morgan fingerprint density at radius 1 is 1.00 bits per heavy atom.